The van der Waals surface area contributed by atoms with E-state index in [1.165, 1.54) is 0 Å². The van der Waals surface area contributed by atoms with E-state index in [4.69, 9.17) is 10.8 Å². The van der Waals surface area contributed by atoms with Crippen LogP contribution in [0.2, 0.25) is 0 Å². The van der Waals surface area contributed by atoms with Crippen LogP contribution in [0.5, 0.6) is 0 Å². The van der Waals surface area contributed by atoms with Gasteiger partial charge in [0.1, 0.15) is 6.61 Å². The van der Waals surface area contributed by atoms with Gasteiger partial charge in [0.25, 0.3) is 0 Å². The molecule has 2 aromatic rings. The quantitative estimate of drug-likeness (QED) is 0.623. The first kappa shape index (κ1) is 11.4. The van der Waals surface area contributed by atoms with E-state index >= 15 is 0 Å². The summed E-state index contributed by atoms with van der Waals surface area (Å²) in [5.74, 6) is -0.325. The van der Waals surface area contributed by atoms with Crippen molar-refractivity contribution in [1.29, 1.82) is 0 Å². The van der Waals surface area contributed by atoms with Gasteiger partial charge in [-0.15, -0.1) is 0 Å². The minimum atomic E-state index is -0.502. The molecule has 2 rings (SSSR count). The number of carbonyl (C=O) groups is 1. The smallest absolute Gasteiger partial charge is 0.188 e. The van der Waals surface area contributed by atoms with Crippen LogP contribution in [-0.2, 0) is 0 Å². The van der Waals surface area contributed by atoms with Gasteiger partial charge in [0, 0.05) is 11.3 Å². The number of aliphatic hydroxyl groups is 1. The molecule has 0 heterocycles. The molecule has 0 atom stereocenters. The van der Waals surface area contributed by atoms with Crippen molar-refractivity contribution in [2.75, 3.05) is 12.3 Å². The molecule has 0 aliphatic rings. The van der Waals surface area contributed by atoms with Crippen molar-refractivity contribution in [1.82, 2.24) is 0 Å². The lowest BCUT2D eigenvalue weighted by Crippen LogP contribution is -2.05. The molecule has 0 saturated heterocycles. The number of benzene rings is 2. The van der Waals surface area contributed by atoms with E-state index in [0.717, 1.165) is 11.1 Å². The highest BCUT2D eigenvalue weighted by Crippen LogP contribution is 2.23. The normalized spacial score (nSPS) is 10.2. The number of carbonyl (C=O) groups excluding carboxylic acids is 1. The molecule has 0 spiro atoms. The fraction of sp³-hybridized carbons (Fsp3) is 0.0714. The third-order valence-electron chi connectivity index (χ3n) is 2.53. The SMILES string of the molecule is Nc1cc(C(=O)CO)cc(-c2ccccc2)c1. The van der Waals surface area contributed by atoms with Crippen LogP contribution in [0.15, 0.2) is 48.5 Å². The summed E-state index contributed by atoms with van der Waals surface area (Å²) in [5.41, 5.74) is 8.58. The van der Waals surface area contributed by atoms with E-state index in [9.17, 15) is 4.79 Å². The van der Waals surface area contributed by atoms with Gasteiger partial charge in [-0.25, -0.2) is 0 Å². The van der Waals surface area contributed by atoms with Crippen molar-refractivity contribution >= 4 is 11.5 Å². The zero-order valence-electron chi connectivity index (χ0n) is 9.26. The molecule has 0 aromatic heterocycles. The Labute approximate surface area is 99.5 Å². The Morgan fingerprint density at radius 3 is 2.41 bits per heavy atom. The molecule has 3 N–H and O–H groups in total. The maximum Gasteiger partial charge on any atom is 0.188 e. The number of anilines is 1. The number of hydrogen-bond acceptors (Lipinski definition) is 3. The summed E-state index contributed by atoms with van der Waals surface area (Å²) >= 11 is 0. The van der Waals surface area contributed by atoms with E-state index in [0.29, 0.717) is 11.3 Å². The summed E-state index contributed by atoms with van der Waals surface area (Å²) in [5, 5.41) is 8.85. The lowest BCUT2D eigenvalue weighted by atomic mass is 10.0. The number of aliphatic hydroxyl groups excluding tert-OH is 1. The molecule has 17 heavy (non-hydrogen) atoms. The summed E-state index contributed by atoms with van der Waals surface area (Å²) in [6, 6.07) is 14.8. The molecular formula is C14H13NO2. The number of ketones is 1. The topological polar surface area (TPSA) is 63.3 Å². The van der Waals surface area contributed by atoms with Crippen LogP contribution >= 0.6 is 0 Å². The summed E-state index contributed by atoms with van der Waals surface area (Å²) in [7, 11) is 0. The molecule has 2 aromatic carbocycles. The molecule has 0 amide bonds. The fourth-order valence-electron chi connectivity index (χ4n) is 1.70. The Kier molecular flexibility index (Phi) is 3.21. The highest BCUT2D eigenvalue weighted by Gasteiger charge is 2.07. The Balaban J connectivity index is 2.49. The van der Waals surface area contributed by atoms with Crippen molar-refractivity contribution < 1.29 is 9.90 Å². The third kappa shape index (κ3) is 2.52. The molecule has 0 aliphatic heterocycles. The summed E-state index contributed by atoms with van der Waals surface area (Å²) in [6.45, 7) is -0.502. The van der Waals surface area contributed by atoms with Crippen molar-refractivity contribution in [2.24, 2.45) is 0 Å². The van der Waals surface area contributed by atoms with Gasteiger partial charge < -0.3 is 10.8 Å². The largest absolute Gasteiger partial charge is 0.399 e. The predicted octanol–water partition coefficient (Wildman–Crippen LogP) is 2.11. The molecule has 0 bridgehead atoms. The van der Waals surface area contributed by atoms with Gasteiger partial charge in [0.05, 0.1) is 0 Å². The molecule has 0 saturated carbocycles. The molecule has 3 nitrogen and oxygen atoms in total. The Bertz CT molecular complexity index is 535. The second kappa shape index (κ2) is 4.80. The van der Waals surface area contributed by atoms with Gasteiger partial charge in [-0.3, -0.25) is 4.79 Å². The van der Waals surface area contributed by atoms with Crippen LogP contribution in [0.25, 0.3) is 11.1 Å². The Morgan fingerprint density at radius 1 is 1.06 bits per heavy atom. The van der Waals surface area contributed by atoms with Crippen molar-refractivity contribution in [2.45, 2.75) is 0 Å². The summed E-state index contributed by atoms with van der Waals surface area (Å²) < 4.78 is 0. The van der Waals surface area contributed by atoms with Crippen LogP contribution in [0.4, 0.5) is 5.69 Å². The van der Waals surface area contributed by atoms with Crippen LogP contribution in [0.3, 0.4) is 0 Å². The molecule has 0 aliphatic carbocycles. The summed E-state index contributed by atoms with van der Waals surface area (Å²) in [4.78, 5) is 11.4. The number of hydrogen-bond donors (Lipinski definition) is 2. The predicted molar refractivity (Wildman–Crippen MR) is 67.7 cm³/mol. The fourth-order valence-corrected chi connectivity index (χ4v) is 1.70. The lowest BCUT2D eigenvalue weighted by Gasteiger charge is -2.06. The molecule has 3 heteroatoms. The summed E-state index contributed by atoms with van der Waals surface area (Å²) in [6.07, 6.45) is 0. The first-order valence-electron chi connectivity index (χ1n) is 5.31. The first-order chi connectivity index (χ1) is 8.20. The van der Waals surface area contributed by atoms with Gasteiger partial charge in [-0.1, -0.05) is 30.3 Å². The maximum atomic E-state index is 11.4. The molecule has 0 unspecified atom stereocenters. The van der Waals surface area contributed by atoms with Gasteiger partial charge >= 0.3 is 0 Å². The van der Waals surface area contributed by atoms with E-state index < -0.39 is 6.61 Å². The molecule has 86 valence electrons. The number of rotatable bonds is 3. The van der Waals surface area contributed by atoms with Crippen molar-refractivity contribution in [3.63, 3.8) is 0 Å². The van der Waals surface area contributed by atoms with Gasteiger partial charge in [-0.05, 0) is 29.3 Å². The van der Waals surface area contributed by atoms with Crippen LogP contribution in [0, 0.1) is 0 Å². The average Bonchev–Trinajstić information content (AvgIpc) is 2.38. The van der Waals surface area contributed by atoms with Crippen LogP contribution in [-0.4, -0.2) is 17.5 Å². The minimum absolute atomic E-state index is 0.325. The van der Waals surface area contributed by atoms with E-state index in [2.05, 4.69) is 0 Å². The highest BCUT2D eigenvalue weighted by molar-refractivity contribution is 5.99. The average molecular weight is 227 g/mol. The second-order valence-corrected chi connectivity index (χ2v) is 3.79. The first-order valence-corrected chi connectivity index (χ1v) is 5.31. The van der Waals surface area contributed by atoms with Gasteiger partial charge in [0.2, 0.25) is 0 Å². The van der Waals surface area contributed by atoms with Crippen molar-refractivity contribution in [3.8, 4) is 11.1 Å². The number of nitrogen functional groups attached to an aromatic ring is 1. The highest BCUT2D eigenvalue weighted by atomic mass is 16.3. The Morgan fingerprint density at radius 2 is 1.76 bits per heavy atom. The van der Waals surface area contributed by atoms with Gasteiger partial charge in [-0.2, -0.15) is 0 Å². The molecular weight excluding hydrogens is 214 g/mol. The zero-order valence-corrected chi connectivity index (χ0v) is 9.26. The third-order valence-corrected chi connectivity index (χ3v) is 2.53. The Hall–Kier alpha value is -2.13. The van der Waals surface area contributed by atoms with E-state index in [1.807, 2.05) is 36.4 Å². The van der Waals surface area contributed by atoms with Crippen LogP contribution in [0.1, 0.15) is 10.4 Å². The van der Waals surface area contributed by atoms with Gasteiger partial charge in [0.15, 0.2) is 5.78 Å². The van der Waals surface area contributed by atoms with Crippen molar-refractivity contribution in [3.05, 3.63) is 54.1 Å². The standard InChI is InChI=1S/C14H13NO2/c15-13-7-11(10-4-2-1-3-5-10)6-12(8-13)14(17)9-16/h1-8,16H,9,15H2. The minimum Gasteiger partial charge on any atom is -0.399 e. The second-order valence-electron chi connectivity index (χ2n) is 3.79. The molecule has 0 radical (unpaired) electrons. The monoisotopic (exact) mass is 227 g/mol. The van der Waals surface area contributed by atoms with E-state index in [1.54, 1.807) is 12.1 Å². The zero-order chi connectivity index (χ0) is 12.3. The number of nitrogens with two attached hydrogens (primary N) is 1. The maximum absolute atomic E-state index is 11.4. The van der Waals surface area contributed by atoms with E-state index in [-0.39, 0.29) is 5.78 Å². The lowest BCUT2D eigenvalue weighted by molar-refractivity contribution is 0.0904. The number of Topliss-reactive ketones (excluding diaryl/α,β-unsaturated/α-hetero) is 1. The molecule has 0 fully saturated rings. The van der Waals surface area contributed by atoms with Crippen LogP contribution < -0.4 is 5.73 Å².